The van der Waals surface area contributed by atoms with Crippen LogP contribution < -0.4 is 10.5 Å². The van der Waals surface area contributed by atoms with Crippen molar-refractivity contribution in [3.05, 3.63) is 35.6 Å². The lowest BCUT2D eigenvalue weighted by atomic mass is 10.2. The van der Waals surface area contributed by atoms with Crippen LogP contribution in [0, 0.1) is 0 Å². The van der Waals surface area contributed by atoms with E-state index in [-0.39, 0.29) is 6.10 Å². The third kappa shape index (κ3) is 4.32. The Morgan fingerprint density at radius 1 is 1.43 bits per heavy atom. The Balaban J connectivity index is 2.29. The summed E-state index contributed by atoms with van der Waals surface area (Å²) in [5.74, 6) is 0.569. The molecule has 1 aromatic carbocycles. The van der Waals surface area contributed by atoms with Crippen molar-refractivity contribution >= 4 is 23.7 Å². The normalized spacial score (nSPS) is 11.2. The molecule has 0 aliphatic carbocycles. The highest BCUT2D eigenvalue weighted by molar-refractivity contribution is 6.31. The third-order valence-corrected chi connectivity index (χ3v) is 2.62. The lowest BCUT2D eigenvalue weighted by molar-refractivity contribution is -0.113. The number of carbonyl (C=O) groups is 1. The van der Waals surface area contributed by atoms with Crippen molar-refractivity contribution < 1.29 is 9.53 Å². The molecule has 0 bridgehead atoms. The van der Waals surface area contributed by atoms with Crippen LogP contribution in [0.2, 0.25) is 5.02 Å². The second kappa shape index (κ2) is 6.41. The number of primary amides is 1. The summed E-state index contributed by atoms with van der Waals surface area (Å²) in [5.41, 5.74) is 5.75. The highest BCUT2D eigenvalue weighted by atomic mass is 35.5. The van der Waals surface area contributed by atoms with Crippen molar-refractivity contribution in [2.75, 3.05) is 0 Å². The van der Waals surface area contributed by atoms with E-state index >= 15 is 0 Å². The maximum atomic E-state index is 10.7. The number of nitrogens with two attached hydrogens (primary N) is 1. The summed E-state index contributed by atoms with van der Waals surface area (Å²) in [6, 6.07) is 5.28. The third-order valence-electron chi connectivity index (χ3n) is 2.40. The van der Waals surface area contributed by atoms with Crippen LogP contribution in [0.25, 0.3) is 17.6 Å². The van der Waals surface area contributed by atoms with E-state index in [0.29, 0.717) is 16.6 Å². The van der Waals surface area contributed by atoms with E-state index in [4.69, 9.17) is 22.1 Å². The van der Waals surface area contributed by atoms with Crippen LogP contribution in [0.15, 0.2) is 30.6 Å². The fourth-order valence-electron chi connectivity index (χ4n) is 1.66. The lowest BCUT2D eigenvalue weighted by Crippen LogP contribution is -2.06. The fraction of sp³-hybridized carbons (Fsp3) is 0.214. The van der Waals surface area contributed by atoms with E-state index in [1.807, 2.05) is 19.9 Å². The standard InChI is InChI=1S/C14H15ClN4O2/c1-9(2)21-12-6-10(5-11(15)7-12)14-17-8-19(18-14)4-3-13(16)20/h3-9H,1-2H3,(H2,16,20)/b4-3-. The molecule has 0 atom stereocenters. The minimum absolute atomic E-state index is 0.0420. The molecule has 0 saturated carbocycles. The Morgan fingerprint density at radius 3 is 2.86 bits per heavy atom. The number of rotatable bonds is 5. The van der Waals surface area contributed by atoms with Gasteiger partial charge in [0, 0.05) is 22.9 Å². The number of benzene rings is 1. The average molecular weight is 307 g/mol. The first-order valence-electron chi connectivity index (χ1n) is 6.30. The van der Waals surface area contributed by atoms with Crippen LogP contribution >= 0.6 is 11.6 Å². The molecule has 21 heavy (non-hydrogen) atoms. The van der Waals surface area contributed by atoms with Crippen molar-refractivity contribution in [1.29, 1.82) is 0 Å². The molecular weight excluding hydrogens is 292 g/mol. The van der Waals surface area contributed by atoms with Crippen LogP contribution in [0.5, 0.6) is 5.75 Å². The molecule has 0 fully saturated rings. The second-order valence-electron chi connectivity index (χ2n) is 4.61. The first-order valence-corrected chi connectivity index (χ1v) is 6.68. The van der Waals surface area contributed by atoms with Crippen LogP contribution in [0.4, 0.5) is 0 Å². The zero-order chi connectivity index (χ0) is 15.4. The highest BCUT2D eigenvalue weighted by Gasteiger charge is 2.08. The molecule has 0 aliphatic heterocycles. The van der Waals surface area contributed by atoms with Gasteiger partial charge in [0.15, 0.2) is 5.82 Å². The maximum absolute atomic E-state index is 10.7. The highest BCUT2D eigenvalue weighted by Crippen LogP contribution is 2.27. The molecule has 0 saturated heterocycles. The van der Waals surface area contributed by atoms with Gasteiger partial charge in [0.25, 0.3) is 0 Å². The molecule has 0 unspecified atom stereocenters. The van der Waals surface area contributed by atoms with Crippen molar-refractivity contribution in [2.24, 2.45) is 5.73 Å². The first-order chi connectivity index (χ1) is 9.94. The smallest absolute Gasteiger partial charge is 0.242 e. The van der Waals surface area contributed by atoms with Gasteiger partial charge in [-0.2, -0.15) is 0 Å². The van der Waals surface area contributed by atoms with Crippen molar-refractivity contribution in [3.63, 3.8) is 0 Å². The second-order valence-corrected chi connectivity index (χ2v) is 5.04. The number of amides is 1. The van der Waals surface area contributed by atoms with E-state index in [2.05, 4.69) is 10.1 Å². The van der Waals surface area contributed by atoms with Gasteiger partial charge >= 0.3 is 0 Å². The topological polar surface area (TPSA) is 83.0 Å². The van der Waals surface area contributed by atoms with Crippen LogP contribution in [-0.4, -0.2) is 26.8 Å². The van der Waals surface area contributed by atoms with Crippen molar-refractivity contribution in [3.8, 4) is 17.1 Å². The van der Waals surface area contributed by atoms with E-state index in [9.17, 15) is 4.79 Å². The van der Waals surface area contributed by atoms with Crippen molar-refractivity contribution in [1.82, 2.24) is 14.8 Å². The van der Waals surface area contributed by atoms with Gasteiger partial charge in [-0.1, -0.05) is 11.6 Å². The monoisotopic (exact) mass is 306 g/mol. The van der Waals surface area contributed by atoms with Crippen LogP contribution in [-0.2, 0) is 4.79 Å². The summed E-state index contributed by atoms with van der Waals surface area (Å²) in [4.78, 5) is 14.8. The summed E-state index contributed by atoms with van der Waals surface area (Å²) < 4.78 is 7.01. The number of ether oxygens (including phenoxy) is 1. The number of halogens is 1. The largest absolute Gasteiger partial charge is 0.491 e. The van der Waals surface area contributed by atoms with E-state index in [0.717, 1.165) is 5.56 Å². The zero-order valence-corrected chi connectivity index (χ0v) is 12.4. The number of carbonyl (C=O) groups excluding carboxylic acids is 1. The Bertz CT molecular complexity index is 679. The lowest BCUT2D eigenvalue weighted by Gasteiger charge is -2.10. The number of nitrogens with zero attached hydrogens (tertiary/aromatic N) is 3. The summed E-state index contributed by atoms with van der Waals surface area (Å²) in [7, 11) is 0. The van der Waals surface area contributed by atoms with Gasteiger partial charge in [-0.05, 0) is 32.0 Å². The first kappa shape index (κ1) is 15.1. The van der Waals surface area contributed by atoms with Gasteiger partial charge < -0.3 is 10.5 Å². The number of hydrogen-bond donors (Lipinski definition) is 1. The summed E-state index contributed by atoms with van der Waals surface area (Å²) in [5, 5.41) is 4.75. The molecule has 0 aliphatic rings. The molecule has 1 heterocycles. The quantitative estimate of drug-likeness (QED) is 0.859. The molecule has 2 rings (SSSR count). The van der Waals surface area contributed by atoms with Gasteiger partial charge in [-0.25, -0.2) is 9.67 Å². The zero-order valence-electron chi connectivity index (χ0n) is 11.7. The molecule has 1 aromatic heterocycles. The fourth-order valence-corrected chi connectivity index (χ4v) is 1.89. The molecule has 7 heteroatoms. The predicted octanol–water partition coefficient (Wildman–Crippen LogP) is 2.34. The molecule has 2 aromatic rings. The van der Waals surface area contributed by atoms with Gasteiger partial charge in [0.2, 0.25) is 5.91 Å². The molecule has 2 N–H and O–H groups in total. The van der Waals surface area contributed by atoms with Crippen molar-refractivity contribution in [2.45, 2.75) is 20.0 Å². The number of hydrogen-bond acceptors (Lipinski definition) is 4. The molecule has 0 spiro atoms. The van der Waals surface area contributed by atoms with E-state index in [1.54, 1.807) is 12.1 Å². The molecule has 0 radical (unpaired) electrons. The maximum Gasteiger partial charge on any atom is 0.242 e. The molecular formula is C14H15ClN4O2. The Kier molecular flexibility index (Phi) is 4.59. The molecule has 1 amide bonds. The summed E-state index contributed by atoms with van der Waals surface area (Å²) in [6.45, 7) is 3.87. The summed E-state index contributed by atoms with van der Waals surface area (Å²) >= 11 is 6.08. The summed E-state index contributed by atoms with van der Waals surface area (Å²) in [6.07, 6.45) is 4.14. The SMILES string of the molecule is CC(C)Oc1cc(Cl)cc(-c2ncn(/C=C\C(N)=O)n2)c1. The van der Waals surface area contributed by atoms with Gasteiger partial charge in [0.05, 0.1) is 6.10 Å². The Morgan fingerprint density at radius 2 is 2.19 bits per heavy atom. The van der Waals surface area contributed by atoms with E-state index in [1.165, 1.54) is 23.3 Å². The molecule has 110 valence electrons. The average Bonchev–Trinajstić information content (AvgIpc) is 2.83. The number of aromatic nitrogens is 3. The van der Waals surface area contributed by atoms with Crippen LogP contribution in [0.3, 0.4) is 0 Å². The van der Waals surface area contributed by atoms with Crippen LogP contribution in [0.1, 0.15) is 13.8 Å². The molecule has 6 nitrogen and oxygen atoms in total. The van der Waals surface area contributed by atoms with E-state index < -0.39 is 5.91 Å². The van der Waals surface area contributed by atoms with Gasteiger partial charge in [-0.3, -0.25) is 4.79 Å². The van der Waals surface area contributed by atoms with Gasteiger partial charge in [0.1, 0.15) is 12.1 Å². The predicted molar refractivity (Wildman–Crippen MR) is 80.8 cm³/mol. The minimum Gasteiger partial charge on any atom is -0.491 e. The Labute approximate surface area is 127 Å². The minimum atomic E-state index is -0.553. The van der Waals surface area contributed by atoms with Gasteiger partial charge in [-0.15, -0.1) is 5.10 Å². The Hall–Kier alpha value is -2.34.